The number of fused-ring (bicyclic) bond motifs is 2. The van der Waals surface area contributed by atoms with Crippen molar-refractivity contribution in [2.75, 3.05) is 11.4 Å². The lowest BCUT2D eigenvalue weighted by molar-refractivity contribution is -0.122. The number of benzene rings is 3. The lowest BCUT2D eigenvalue weighted by atomic mass is 10.0. The topological polar surface area (TPSA) is 69.7 Å². The van der Waals surface area contributed by atoms with Gasteiger partial charge in [-0.2, -0.15) is 0 Å². The monoisotopic (exact) mass is 467 g/mol. The summed E-state index contributed by atoms with van der Waals surface area (Å²) in [6, 6.07) is 22.1. The molecule has 0 bridgehead atoms. The van der Waals surface area contributed by atoms with Crippen molar-refractivity contribution in [1.29, 1.82) is 0 Å². The minimum absolute atomic E-state index is 0.0935. The molecule has 3 amide bonds. The predicted octanol–water partition coefficient (Wildman–Crippen LogP) is 4.64. The Morgan fingerprint density at radius 3 is 2.51 bits per heavy atom. The van der Waals surface area contributed by atoms with Gasteiger partial charge in [-0.1, -0.05) is 60.2 Å². The molecule has 5 rings (SSSR count). The third-order valence-corrected chi connectivity index (χ3v) is 7.01. The van der Waals surface area contributed by atoms with Crippen LogP contribution in [0.2, 0.25) is 0 Å². The molecule has 2 aliphatic heterocycles. The Morgan fingerprint density at radius 2 is 1.71 bits per heavy atom. The third-order valence-electron chi connectivity index (χ3n) is 7.01. The van der Waals surface area contributed by atoms with Gasteiger partial charge in [0.05, 0.1) is 23.8 Å². The molecule has 0 saturated carbocycles. The number of carbonyl (C=O) groups excluding carboxylic acids is 3. The highest BCUT2D eigenvalue weighted by atomic mass is 16.2. The first-order chi connectivity index (χ1) is 16.9. The number of hydrogen-bond donors (Lipinski definition) is 1. The van der Waals surface area contributed by atoms with Gasteiger partial charge in [0.1, 0.15) is 6.04 Å². The maximum Gasteiger partial charge on any atom is 0.256 e. The van der Waals surface area contributed by atoms with E-state index < -0.39 is 6.04 Å². The number of hydrogen-bond acceptors (Lipinski definition) is 3. The molecule has 0 aromatic heterocycles. The van der Waals surface area contributed by atoms with Crippen molar-refractivity contribution >= 4 is 23.4 Å². The van der Waals surface area contributed by atoms with Crippen LogP contribution in [-0.4, -0.2) is 35.2 Å². The molecule has 0 radical (unpaired) electrons. The Labute approximate surface area is 205 Å². The van der Waals surface area contributed by atoms with E-state index in [0.29, 0.717) is 29.8 Å². The fourth-order valence-corrected chi connectivity index (χ4v) is 5.04. The van der Waals surface area contributed by atoms with Gasteiger partial charge in [-0.25, -0.2) is 0 Å². The Kier molecular flexibility index (Phi) is 6.12. The van der Waals surface area contributed by atoms with Crippen LogP contribution in [0.5, 0.6) is 0 Å². The quantitative estimate of drug-likeness (QED) is 0.595. The number of para-hydroxylation sites is 1. The summed E-state index contributed by atoms with van der Waals surface area (Å²) in [7, 11) is 0. The van der Waals surface area contributed by atoms with Crippen molar-refractivity contribution < 1.29 is 14.4 Å². The summed E-state index contributed by atoms with van der Waals surface area (Å²) in [5.74, 6) is -0.385. The van der Waals surface area contributed by atoms with Crippen molar-refractivity contribution in [3.63, 3.8) is 0 Å². The van der Waals surface area contributed by atoms with Gasteiger partial charge in [0, 0.05) is 12.1 Å². The maximum atomic E-state index is 13.6. The first kappa shape index (κ1) is 22.8. The van der Waals surface area contributed by atoms with Crippen molar-refractivity contribution in [3.05, 3.63) is 101 Å². The minimum atomic E-state index is -0.461. The Morgan fingerprint density at radius 1 is 1.00 bits per heavy atom. The van der Waals surface area contributed by atoms with Crippen LogP contribution >= 0.6 is 0 Å². The molecule has 2 atom stereocenters. The molecule has 35 heavy (non-hydrogen) atoms. The molecule has 2 heterocycles. The zero-order valence-electron chi connectivity index (χ0n) is 20.0. The van der Waals surface area contributed by atoms with E-state index in [4.69, 9.17) is 0 Å². The van der Waals surface area contributed by atoms with Gasteiger partial charge in [0.25, 0.3) is 11.8 Å². The van der Waals surface area contributed by atoms with E-state index in [2.05, 4.69) is 5.32 Å². The molecule has 0 aliphatic carbocycles. The number of rotatable bonds is 5. The molecule has 6 heteroatoms. The van der Waals surface area contributed by atoms with Gasteiger partial charge in [0.2, 0.25) is 5.91 Å². The van der Waals surface area contributed by atoms with Crippen LogP contribution in [0.3, 0.4) is 0 Å². The third kappa shape index (κ3) is 4.32. The largest absolute Gasteiger partial charge is 0.346 e. The van der Waals surface area contributed by atoms with Crippen molar-refractivity contribution in [1.82, 2.24) is 10.2 Å². The molecule has 1 saturated heterocycles. The number of aryl methyl sites for hydroxylation is 1. The van der Waals surface area contributed by atoms with Gasteiger partial charge in [-0.3, -0.25) is 14.4 Å². The van der Waals surface area contributed by atoms with Crippen LogP contribution in [0.4, 0.5) is 5.69 Å². The summed E-state index contributed by atoms with van der Waals surface area (Å²) < 4.78 is 0. The van der Waals surface area contributed by atoms with Gasteiger partial charge in [-0.05, 0) is 56.0 Å². The Bertz CT molecular complexity index is 1280. The molecule has 2 aliphatic rings. The Balaban J connectivity index is 1.45. The van der Waals surface area contributed by atoms with E-state index in [0.717, 1.165) is 17.5 Å². The van der Waals surface area contributed by atoms with Crippen molar-refractivity contribution in [2.45, 2.75) is 45.3 Å². The summed E-state index contributed by atoms with van der Waals surface area (Å²) in [5.41, 5.74) is 4.58. The molecule has 3 aromatic carbocycles. The first-order valence-electron chi connectivity index (χ1n) is 12.1. The van der Waals surface area contributed by atoms with Gasteiger partial charge < -0.3 is 15.1 Å². The average Bonchev–Trinajstić information content (AvgIpc) is 3.34. The summed E-state index contributed by atoms with van der Waals surface area (Å²) in [6.07, 6.45) is 1.47. The van der Waals surface area contributed by atoms with Gasteiger partial charge in [0.15, 0.2) is 0 Å². The predicted molar refractivity (Wildman–Crippen MR) is 135 cm³/mol. The summed E-state index contributed by atoms with van der Waals surface area (Å²) in [6.45, 7) is 4.80. The van der Waals surface area contributed by atoms with Crippen LogP contribution in [0.1, 0.15) is 63.2 Å². The zero-order valence-corrected chi connectivity index (χ0v) is 20.0. The SMILES string of the molecule is Cc1ccc([C@H](C)NC(=O)c2ccccc2CN2C(=O)[C@@H]3CCCN3C(=O)c3ccccc32)cc1. The van der Waals surface area contributed by atoms with Gasteiger partial charge in [-0.15, -0.1) is 0 Å². The highest BCUT2D eigenvalue weighted by molar-refractivity contribution is 6.11. The second kappa shape index (κ2) is 9.37. The van der Waals surface area contributed by atoms with Crippen LogP contribution < -0.4 is 10.2 Å². The summed E-state index contributed by atoms with van der Waals surface area (Å²) >= 11 is 0. The van der Waals surface area contributed by atoms with Crippen molar-refractivity contribution in [2.24, 2.45) is 0 Å². The van der Waals surface area contributed by atoms with Crippen LogP contribution in [0.25, 0.3) is 0 Å². The molecule has 0 unspecified atom stereocenters. The molecule has 0 spiro atoms. The van der Waals surface area contributed by atoms with E-state index in [-0.39, 0.29) is 30.3 Å². The Hall–Kier alpha value is -3.93. The summed E-state index contributed by atoms with van der Waals surface area (Å²) in [5, 5.41) is 3.09. The van der Waals surface area contributed by atoms with Crippen molar-refractivity contribution in [3.8, 4) is 0 Å². The van der Waals surface area contributed by atoms with Crippen LogP contribution in [0, 0.1) is 6.92 Å². The second-order valence-electron chi connectivity index (χ2n) is 9.36. The van der Waals surface area contributed by atoms with E-state index in [1.54, 1.807) is 21.9 Å². The molecule has 1 N–H and O–H groups in total. The van der Waals surface area contributed by atoms with Crippen LogP contribution in [-0.2, 0) is 11.3 Å². The number of nitrogens with zero attached hydrogens (tertiary/aromatic N) is 2. The fraction of sp³-hybridized carbons (Fsp3) is 0.276. The molecular formula is C29H29N3O3. The lowest BCUT2D eigenvalue weighted by Gasteiger charge is -2.27. The molecule has 3 aromatic rings. The molecular weight excluding hydrogens is 438 g/mol. The second-order valence-corrected chi connectivity index (χ2v) is 9.36. The van der Waals surface area contributed by atoms with E-state index in [1.165, 1.54) is 5.56 Å². The number of nitrogens with one attached hydrogen (secondary N) is 1. The smallest absolute Gasteiger partial charge is 0.256 e. The van der Waals surface area contributed by atoms with E-state index in [1.807, 2.05) is 74.5 Å². The minimum Gasteiger partial charge on any atom is -0.346 e. The lowest BCUT2D eigenvalue weighted by Crippen LogP contribution is -2.44. The molecule has 1 fully saturated rings. The van der Waals surface area contributed by atoms with Crippen LogP contribution in [0.15, 0.2) is 72.8 Å². The zero-order chi connectivity index (χ0) is 24.5. The highest BCUT2D eigenvalue weighted by Crippen LogP contribution is 2.33. The number of anilines is 1. The number of carbonyl (C=O) groups is 3. The highest BCUT2D eigenvalue weighted by Gasteiger charge is 2.42. The fourth-order valence-electron chi connectivity index (χ4n) is 5.04. The first-order valence-corrected chi connectivity index (χ1v) is 12.1. The molecule has 6 nitrogen and oxygen atoms in total. The average molecular weight is 468 g/mol. The number of amides is 3. The van der Waals surface area contributed by atoms with Gasteiger partial charge >= 0.3 is 0 Å². The van der Waals surface area contributed by atoms with E-state index >= 15 is 0 Å². The van der Waals surface area contributed by atoms with E-state index in [9.17, 15) is 14.4 Å². The standard InChI is InChI=1S/C29H29N3O3/c1-19-13-15-21(16-14-19)20(2)30-27(33)23-9-4-3-8-22(23)18-32-25-11-6-5-10-24(25)28(34)31-17-7-12-26(31)29(32)35/h3-6,8-11,13-16,20,26H,7,12,17-18H2,1-2H3,(H,30,33)/t20-,26-/m0/s1. The molecule has 178 valence electrons. The summed E-state index contributed by atoms with van der Waals surface area (Å²) in [4.78, 5) is 43.5. The maximum absolute atomic E-state index is 13.6. The normalized spacial score (nSPS) is 18.1.